The molecule has 1 heterocycles. The van der Waals surface area contributed by atoms with Gasteiger partial charge >= 0.3 is 6.18 Å². The van der Waals surface area contributed by atoms with Crippen molar-refractivity contribution in [2.45, 2.75) is 39.0 Å². The molecule has 1 aliphatic rings. The summed E-state index contributed by atoms with van der Waals surface area (Å²) in [5.41, 5.74) is 6.12. The number of primary amides is 1. The first-order valence-electron chi connectivity index (χ1n) is 11.1. The molecule has 1 unspecified atom stereocenters. The second-order valence-corrected chi connectivity index (χ2v) is 8.88. The van der Waals surface area contributed by atoms with E-state index in [-0.39, 0.29) is 18.1 Å². The molecular formula is C25H27F3N4O3. The van der Waals surface area contributed by atoms with Crippen LogP contribution in [0, 0.1) is 11.8 Å². The van der Waals surface area contributed by atoms with Crippen LogP contribution in [-0.2, 0) is 20.6 Å². The van der Waals surface area contributed by atoms with Crippen LogP contribution in [0.1, 0.15) is 43.4 Å². The number of alkyl halides is 3. The standard InChI is InChI=1S/C25H27F3N4O3/c1-14(2)12-16(13-20(29)33)23(34)31-22-24(35)32(3)19-7-5-4-6-18(19)21(30-22)15-8-10-17(11-9-15)25(26,27)28/h4-11,14,16,22H,12-13H2,1-3H3,(H2,29,33)(H,31,34)/t16-,22?/m1/s1. The number of nitrogens with zero attached hydrogens (tertiary/aromatic N) is 2. The first-order chi connectivity index (χ1) is 16.4. The van der Waals surface area contributed by atoms with Gasteiger partial charge in [-0.25, -0.2) is 4.99 Å². The number of rotatable bonds is 7. The van der Waals surface area contributed by atoms with Gasteiger partial charge in [0.05, 0.1) is 17.0 Å². The molecule has 2 atom stereocenters. The number of nitrogens with two attached hydrogens (primary N) is 1. The predicted molar refractivity (Wildman–Crippen MR) is 126 cm³/mol. The van der Waals surface area contributed by atoms with Gasteiger partial charge in [0.2, 0.25) is 18.0 Å². The van der Waals surface area contributed by atoms with Gasteiger partial charge in [-0.1, -0.05) is 44.2 Å². The van der Waals surface area contributed by atoms with Gasteiger partial charge in [0.1, 0.15) is 0 Å². The third kappa shape index (κ3) is 6.06. The summed E-state index contributed by atoms with van der Waals surface area (Å²) < 4.78 is 39.2. The molecule has 7 nitrogen and oxygen atoms in total. The lowest BCUT2D eigenvalue weighted by molar-refractivity contribution is -0.137. The normalized spacial score (nSPS) is 16.9. The number of carbonyl (C=O) groups excluding carboxylic acids is 3. The zero-order valence-corrected chi connectivity index (χ0v) is 19.6. The molecule has 1 aliphatic heterocycles. The molecule has 0 saturated carbocycles. The van der Waals surface area contributed by atoms with Gasteiger partial charge in [-0.3, -0.25) is 14.4 Å². The zero-order valence-electron chi connectivity index (χ0n) is 19.6. The Labute approximate surface area is 201 Å². The predicted octanol–water partition coefficient (Wildman–Crippen LogP) is 3.50. The topological polar surface area (TPSA) is 105 Å². The van der Waals surface area contributed by atoms with Crippen molar-refractivity contribution < 1.29 is 27.6 Å². The van der Waals surface area contributed by atoms with E-state index in [1.54, 1.807) is 24.3 Å². The Morgan fingerprint density at radius 1 is 1.11 bits per heavy atom. The minimum Gasteiger partial charge on any atom is -0.370 e. The summed E-state index contributed by atoms with van der Waals surface area (Å²) in [5.74, 6) is -2.38. The molecule has 0 aliphatic carbocycles. The second kappa shape index (κ2) is 10.3. The van der Waals surface area contributed by atoms with Crippen molar-refractivity contribution in [3.63, 3.8) is 0 Å². The van der Waals surface area contributed by atoms with Crippen molar-refractivity contribution in [2.24, 2.45) is 22.6 Å². The van der Waals surface area contributed by atoms with Gasteiger partial charge in [0.25, 0.3) is 5.91 Å². The first kappa shape index (κ1) is 25.9. The van der Waals surface area contributed by atoms with Crippen molar-refractivity contribution in [1.82, 2.24) is 5.32 Å². The Bertz CT molecular complexity index is 1140. The average molecular weight is 489 g/mol. The first-order valence-corrected chi connectivity index (χ1v) is 11.1. The molecule has 10 heteroatoms. The van der Waals surface area contributed by atoms with E-state index in [0.717, 1.165) is 12.1 Å². The zero-order chi connectivity index (χ0) is 25.9. The van der Waals surface area contributed by atoms with Gasteiger partial charge < -0.3 is 16.0 Å². The van der Waals surface area contributed by atoms with Crippen LogP contribution in [0.3, 0.4) is 0 Å². The molecule has 3 rings (SSSR count). The number of anilines is 1. The van der Waals surface area contributed by atoms with Crippen LogP contribution in [0.15, 0.2) is 53.5 Å². The maximum absolute atomic E-state index is 13.2. The maximum atomic E-state index is 13.2. The lowest BCUT2D eigenvalue weighted by Gasteiger charge is -2.23. The average Bonchev–Trinajstić information content (AvgIpc) is 2.88. The molecule has 2 aromatic carbocycles. The van der Waals surface area contributed by atoms with E-state index >= 15 is 0 Å². The number of benzodiazepines with no additional fused rings is 1. The SMILES string of the molecule is CC(C)C[C@H](CC(N)=O)C(=O)NC1N=C(c2ccc(C(F)(F)F)cc2)c2ccccc2N(C)C1=O. The van der Waals surface area contributed by atoms with Gasteiger partial charge in [-0.2, -0.15) is 13.2 Å². The Morgan fingerprint density at radius 3 is 2.31 bits per heavy atom. The van der Waals surface area contributed by atoms with Crippen molar-refractivity contribution in [1.29, 1.82) is 0 Å². The van der Waals surface area contributed by atoms with Gasteiger partial charge in [0.15, 0.2) is 0 Å². The summed E-state index contributed by atoms with van der Waals surface area (Å²) in [7, 11) is 1.53. The van der Waals surface area contributed by atoms with Gasteiger partial charge in [-0.15, -0.1) is 0 Å². The van der Waals surface area contributed by atoms with Gasteiger partial charge in [0, 0.05) is 30.5 Å². The van der Waals surface area contributed by atoms with E-state index < -0.39 is 41.5 Å². The Hall–Kier alpha value is -3.69. The summed E-state index contributed by atoms with van der Waals surface area (Å²) in [4.78, 5) is 43.6. The highest BCUT2D eigenvalue weighted by Crippen LogP contribution is 2.31. The van der Waals surface area contributed by atoms with E-state index in [1.807, 2.05) is 13.8 Å². The summed E-state index contributed by atoms with van der Waals surface area (Å²) in [5, 5.41) is 2.61. The summed E-state index contributed by atoms with van der Waals surface area (Å²) in [6.07, 6.45) is -5.66. The number of amides is 3. The van der Waals surface area contributed by atoms with E-state index in [2.05, 4.69) is 10.3 Å². The van der Waals surface area contributed by atoms with Gasteiger partial charge in [-0.05, 0) is 30.5 Å². The number of nitrogens with one attached hydrogen (secondary N) is 1. The van der Waals surface area contributed by atoms with Crippen molar-refractivity contribution in [2.75, 3.05) is 11.9 Å². The van der Waals surface area contributed by atoms with Crippen LogP contribution < -0.4 is 16.0 Å². The molecule has 0 spiro atoms. The van der Waals surface area contributed by atoms with Crippen LogP contribution in [0.4, 0.5) is 18.9 Å². The minimum atomic E-state index is -4.50. The molecule has 35 heavy (non-hydrogen) atoms. The number of hydrogen-bond acceptors (Lipinski definition) is 4. The minimum absolute atomic E-state index is 0.0908. The summed E-state index contributed by atoms with van der Waals surface area (Å²) in [6, 6.07) is 11.3. The summed E-state index contributed by atoms with van der Waals surface area (Å²) >= 11 is 0. The van der Waals surface area contributed by atoms with Crippen LogP contribution in [0.2, 0.25) is 0 Å². The Morgan fingerprint density at radius 2 is 1.74 bits per heavy atom. The molecule has 2 aromatic rings. The van der Waals surface area contributed by atoms with E-state index in [1.165, 1.54) is 24.1 Å². The van der Waals surface area contributed by atoms with E-state index in [4.69, 9.17) is 5.73 Å². The molecule has 0 aromatic heterocycles. The van der Waals surface area contributed by atoms with E-state index in [0.29, 0.717) is 23.2 Å². The van der Waals surface area contributed by atoms with Crippen LogP contribution in [0.5, 0.6) is 0 Å². The third-order valence-corrected chi connectivity index (χ3v) is 5.68. The van der Waals surface area contributed by atoms with Crippen molar-refractivity contribution >= 4 is 29.1 Å². The highest BCUT2D eigenvalue weighted by Gasteiger charge is 2.34. The summed E-state index contributed by atoms with van der Waals surface area (Å²) in [6.45, 7) is 3.78. The van der Waals surface area contributed by atoms with E-state index in [9.17, 15) is 27.6 Å². The fraction of sp³-hybridized carbons (Fsp3) is 0.360. The number of fused-ring (bicyclic) bond motifs is 1. The van der Waals surface area contributed by atoms with Crippen molar-refractivity contribution in [3.05, 3.63) is 65.2 Å². The third-order valence-electron chi connectivity index (χ3n) is 5.68. The monoisotopic (exact) mass is 488 g/mol. The molecule has 0 radical (unpaired) electrons. The Balaban J connectivity index is 2.04. The maximum Gasteiger partial charge on any atom is 0.416 e. The lowest BCUT2D eigenvalue weighted by Crippen LogP contribution is -2.48. The van der Waals surface area contributed by atoms with Crippen LogP contribution in [-0.4, -0.2) is 36.6 Å². The van der Waals surface area contributed by atoms with Crippen LogP contribution in [0.25, 0.3) is 0 Å². The molecule has 0 saturated heterocycles. The number of halogens is 3. The quantitative estimate of drug-likeness (QED) is 0.623. The van der Waals surface area contributed by atoms with Crippen LogP contribution >= 0.6 is 0 Å². The fourth-order valence-corrected chi connectivity index (χ4v) is 4.01. The number of benzene rings is 2. The lowest BCUT2D eigenvalue weighted by atomic mass is 9.93. The highest BCUT2D eigenvalue weighted by atomic mass is 19.4. The largest absolute Gasteiger partial charge is 0.416 e. The molecular weight excluding hydrogens is 461 g/mol. The number of aliphatic imine (C=N–C) groups is 1. The molecule has 3 amide bonds. The second-order valence-electron chi connectivity index (χ2n) is 8.88. The molecule has 0 fully saturated rings. The Kier molecular flexibility index (Phi) is 7.62. The number of carbonyl (C=O) groups is 3. The fourth-order valence-electron chi connectivity index (χ4n) is 4.01. The number of hydrogen-bond donors (Lipinski definition) is 2. The van der Waals surface area contributed by atoms with Crippen molar-refractivity contribution in [3.8, 4) is 0 Å². The number of likely N-dealkylation sites (N-methyl/N-ethyl adjacent to an activating group) is 1. The number of para-hydroxylation sites is 1. The molecule has 0 bridgehead atoms. The molecule has 186 valence electrons. The highest BCUT2D eigenvalue weighted by molar-refractivity contribution is 6.20. The smallest absolute Gasteiger partial charge is 0.370 e. The molecule has 3 N–H and O–H groups in total.